The maximum Gasteiger partial charge on any atom is 0.239 e. The third-order valence-corrected chi connectivity index (χ3v) is 4.29. The molecule has 0 radical (unpaired) electrons. The lowest BCUT2D eigenvalue weighted by Crippen LogP contribution is -2.57. The average Bonchev–Trinajstić information content (AvgIpc) is 2.69. The van der Waals surface area contributed by atoms with Crippen LogP contribution in [0.1, 0.15) is 32.6 Å². The summed E-state index contributed by atoms with van der Waals surface area (Å²) in [7, 11) is 1.94. The van der Waals surface area contributed by atoms with Crippen molar-refractivity contribution in [2.24, 2.45) is 5.73 Å². The van der Waals surface area contributed by atoms with Gasteiger partial charge in [0.15, 0.2) is 0 Å². The van der Waals surface area contributed by atoms with Crippen molar-refractivity contribution in [3.05, 3.63) is 0 Å². The molecule has 1 aliphatic heterocycles. The van der Waals surface area contributed by atoms with Gasteiger partial charge in [0.2, 0.25) is 11.8 Å². The van der Waals surface area contributed by atoms with Crippen LogP contribution in [0.3, 0.4) is 0 Å². The van der Waals surface area contributed by atoms with Gasteiger partial charge in [-0.15, -0.1) is 0 Å². The van der Waals surface area contributed by atoms with Gasteiger partial charge in [0, 0.05) is 19.5 Å². The number of rotatable bonds is 3. The van der Waals surface area contributed by atoms with Gasteiger partial charge in [0.1, 0.15) is 0 Å². The van der Waals surface area contributed by atoms with Crippen molar-refractivity contribution in [3.63, 3.8) is 0 Å². The van der Waals surface area contributed by atoms with Gasteiger partial charge in [-0.1, -0.05) is 0 Å². The summed E-state index contributed by atoms with van der Waals surface area (Å²) in [5, 5.41) is 6.25. The number of hydrogen-bond acceptors (Lipinski definition) is 4. The Labute approximate surface area is 114 Å². The smallest absolute Gasteiger partial charge is 0.239 e. The van der Waals surface area contributed by atoms with E-state index in [9.17, 15) is 9.59 Å². The van der Waals surface area contributed by atoms with Crippen LogP contribution in [0.4, 0.5) is 0 Å². The molecule has 4 unspecified atom stereocenters. The summed E-state index contributed by atoms with van der Waals surface area (Å²) in [4.78, 5) is 25.3. The van der Waals surface area contributed by atoms with Crippen molar-refractivity contribution in [2.45, 2.75) is 56.8 Å². The van der Waals surface area contributed by atoms with Gasteiger partial charge >= 0.3 is 0 Å². The normalized spacial score (nSPS) is 35.5. The fourth-order valence-electron chi connectivity index (χ4n) is 3.26. The molecule has 2 amide bonds. The molecule has 0 aromatic carbocycles. The Morgan fingerprint density at radius 3 is 2.63 bits per heavy atom. The van der Waals surface area contributed by atoms with Gasteiger partial charge in [0.05, 0.1) is 18.1 Å². The van der Waals surface area contributed by atoms with Crippen LogP contribution in [0.5, 0.6) is 0 Å². The molecule has 1 saturated carbocycles. The van der Waals surface area contributed by atoms with Gasteiger partial charge in [-0.3, -0.25) is 9.59 Å². The second kappa shape index (κ2) is 5.88. The quantitative estimate of drug-likeness (QED) is 0.625. The molecular weight excluding hydrogens is 244 g/mol. The van der Waals surface area contributed by atoms with Crippen LogP contribution in [0, 0.1) is 0 Å². The Kier molecular flexibility index (Phi) is 4.42. The highest BCUT2D eigenvalue weighted by molar-refractivity contribution is 5.84. The van der Waals surface area contributed by atoms with E-state index in [1.165, 1.54) is 6.92 Å². The zero-order chi connectivity index (χ0) is 14.0. The molecule has 1 saturated heterocycles. The Balaban J connectivity index is 2.08. The van der Waals surface area contributed by atoms with E-state index in [-0.39, 0.29) is 29.9 Å². The van der Waals surface area contributed by atoms with Gasteiger partial charge in [0.25, 0.3) is 0 Å². The zero-order valence-corrected chi connectivity index (χ0v) is 11.7. The molecule has 6 nitrogen and oxygen atoms in total. The van der Waals surface area contributed by atoms with Crippen molar-refractivity contribution in [2.75, 3.05) is 13.6 Å². The minimum absolute atomic E-state index is 0.0259. The second-order valence-corrected chi connectivity index (χ2v) is 5.60. The van der Waals surface area contributed by atoms with Crippen molar-refractivity contribution in [1.82, 2.24) is 15.5 Å². The van der Waals surface area contributed by atoms with E-state index >= 15 is 0 Å². The van der Waals surface area contributed by atoms with Crippen LogP contribution >= 0.6 is 0 Å². The first kappa shape index (κ1) is 14.3. The summed E-state index contributed by atoms with van der Waals surface area (Å²) >= 11 is 0. The number of amides is 2. The van der Waals surface area contributed by atoms with Crippen molar-refractivity contribution < 1.29 is 9.59 Å². The van der Waals surface area contributed by atoms with Gasteiger partial charge in [-0.2, -0.15) is 0 Å². The molecule has 0 spiro atoms. The fraction of sp³-hybridized carbons (Fsp3) is 0.846. The van der Waals surface area contributed by atoms with Crippen LogP contribution in [0.2, 0.25) is 0 Å². The van der Waals surface area contributed by atoms with Gasteiger partial charge in [-0.05, 0) is 32.7 Å². The van der Waals surface area contributed by atoms with E-state index in [0.29, 0.717) is 12.6 Å². The molecule has 0 aromatic rings. The lowest BCUT2D eigenvalue weighted by atomic mass is 9.85. The molecular formula is C13H24N4O2. The average molecular weight is 268 g/mol. The van der Waals surface area contributed by atoms with Gasteiger partial charge in [-0.25, -0.2) is 0 Å². The first-order valence-corrected chi connectivity index (χ1v) is 7.03. The maximum atomic E-state index is 12.1. The molecule has 2 rings (SSSR count). The van der Waals surface area contributed by atoms with Crippen LogP contribution in [0.15, 0.2) is 0 Å². The SMILES string of the molecule is CNC1CCC(N2CCC(N)C2=O)C(NC(C)=O)C1. The van der Waals surface area contributed by atoms with E-state index in [4.69, 9.17) is 5.73 Å². The minimum atomic E-state index is -0.361. The summed E-state index contributed by atoms with van der Waals surface area (Å²) in [6.45, 7) is 2.24. The standard InChI is InChI=1S/C13H24N4O2/c1-8(18)16-11-7-9(15-2)3-4-12(11)17-6-5-10(14)13(17)19/h9-12,15H,3-7,14H2,1-2H3,(H,16,18). The third-order valence-electron chi connectivity index (χ3n) is 4.29. The largest absolute Gasteiger partial charge is 0.351 e. The molecule has 2 aliphatic rings. The lowest BCUT2D eigenvalue weighted by molar-refractivity contribution is -0.133. The molecule has 0 aromatic heterocycles. The molecule has 19 heavy (non-hydrogen) atoms. The summed E-state index contributed by atoms with van der Waals surface area (Å²) < 4.78 is 0. The van der Waals surface area contributed by atoms with E-state index in [2.05, 4.69) is 10.6 Å². The summed E-state index contributed by atoms with van der Waals surface area (Å²) in [6.07, 6.45) is 3.52. The van der Waals surface area contributed by atoms with Gasteiger partial charge < -0.3 is 21.3 Å². The summed E-state index contributed by atoms with van der Waals surface area (Å²) in [6, 6.07) is 0.159. The van der Waals surface area contributed by atoms with Crippen molar-refractivity contribution >= 4 is 11.8 Å². The number of hydrogen-bond donors (Lipinski definition) is 3. The first-order valence-electron chi connectivity index (χ1n) is 7.03. The summed E-state index contributed by atoms with van der Waals surface area (Å²) in [5.74, 6) is -0.00837. The highest BCUT2D eigenvalue weighted by Gasteiger charge is 2.40. The molecule has 2 fully saturated rings. The predicted octanol–water partition coefficient (Wildman–Crippen LogP) is -0.809. The number of nitrogens with zero attached hydrogens (tertiary/aromatic N) is 1. The van der Waals surface area contributed by atoms with E-state index in [1.54, 1.807) is 0 Å². The highest BCUT2D eigenvalue weighted by atomic mass is 16.2. The van der Waals surface area contributed by atoms with E-state index < -0.39 is 0 Å². The monoisotopic (exact) mass is 268 g/mol. The Hall–Kier alpha value is -1.14. The molecule has 1 heterocycles. The van der Waals surface area contributed by atoms with Crippen molar-refractivity contribution in [3.8, 4) is 0 Å². The second-order valence-electron chi connectivity index (χ2n) is 5.60. The Morgan fingerprint density at radius 1 is 1.37 bits per heavy atom. The molecule has 4 N–H and O–H groups in total. The molecule has 108 valence electrons. The molecule has 6 heteroatoms. The number of likely N-dealkylation sites (tertiary alicyclic amines) is 1. The topological polar surface area (TPSA) is 87.5 Å². The number of nitrogens with two attached hydrogens (primary N) is 1. The Morgan fingerprint density at radius 2 is 2.11 bits per heavy atom. The number of carbonyl (C=O) groups excluding carboxylic acids is 2. The minimum Gasteiger partial charge on any atom is -0.351 e. The number of carbonyl (C=O) groups is 2. The summed E-state index contributed by atoms with van der Waals surface area (Å²) in [5.41, 5.74) is 5.78. The first-order chi connectivity index (χ1) is 9.02. The van der Waals surface area contributed by atoms with E-state index in [1.807, 2.05) is 11.9 Å². The predicted molar refractivity (Wildman–Crippen MR) is 72.4 cm³/mol. The van der Waals surface area contributed by atoms with Crippen LogP contribution in [-0.4, -0.2) is 54.5 Å². The molecule has 4 atom stereocenters. The Bertz CT molecular complexity index is 361. The lowest BCUT2D eigenvalue weighted by Gasteiger charge is -2.41. The zero-order valence-electron chi connectivity index (χ0n) is 11.7. The van der Waals surface area contributed by atoms with E-state index in [0.717, 1.165) is 25.7 Å². The highest BCUT2D eigenvalue weighted by Crippen LogP contribution is 2.27. The molecule has 1 aliphatic carbocycles. The van der Waals surface area contributed by atoms with Crippen molar-refractivity contribution in [1.29, 1.82) is 0 Å². The third kappa shape index (κ3) is 3.06. The number of nitrogens with one attached hydrogen (secondary N) is 2. The van der Waals surface area contributed by atoms with Crippen LogP contribution < -0.4 is 16.4 Å². The van der Waals surface area contributed by atoms with Crippen LogP contribution in [0.25, 0.3) is 0 Å². The fourth-order valence-corrected chi connectivity index (χ4v) is 3.26. The molecule has 0 bridgehead atoms. The maximum absolute atomic E-state index is 12.1. The van der Waals surface area contributed by atoms with Crippen LogP contribution in [-0.2, 0) is 9.59 Å².